The quantitative estimate of drug-likeness (QED) is 0.300. The van der Waals surface area contributed by atoms with Gasteiger partial charge < -0.3 is 8.84 Å². The predicted molar refractivity (Wildman–Crippen MR) is 161 cm³/mol. The highest BCUT2D eigenvalue weighted by Gasteiger charge is 2.65. The van der Waals surface area contributed by atoms with Gasteiger partial charge in [-0.2, -0.15) is 0 Å². The van der Waals surface area contributed by atoms with Crippen LogP contribution in [0.25, 0.3) is 0 Å². The molecule has 5 aliphatic carbocycles. The summed E-state index contributed by atoms with van der Waals surface area (Å²) in [6.45, 7) is 20.3. The molecule has 5 fully saturated rings. The second kappa shape index (κ2) is 10.2. The Balaban J connectivity index is 1.25. The molecule has 5 aliphatic rings. The van der Waals surface area contributed by atoms with Crippen molar-refractivity contribution in [1.82, 2.24) is 10.2 Å². The lowest BCUT2D eigenvalue weighted by Crippen LogP contribution is -2.63. The van der Waals surface area contributed by atoms with Crippen LogP contribution in [0.4, 0.5) is 0 Å². The average Bonchev–Trinajstić information content (AvgIpc) is 3.50. The van der Waals surface area contributed by atoms with Crippen molar-refractivity contribution in [2.75, 3.05) is 0 Å². The predicted octanol–water partition coefficient (Wildman–Crippen LogP) is 9.28. The van der Waals surface area contributed by atoms with Gasteiger partial charge in [0.05, 0.1) is 6.10 Å². The van der Waals surface area contributed by atoms with Crippen LogP contribution in [0.2, 0.25) is 19.6 Å². The third-order valence-corrected chi connectivity index (χ3v) is 14.1. The molecule has 0 unspecified atom stereocenters. The van der Waals surface area contributed by atoms with Gasteiger partial charge in [-0.25, -0.2) is 0 Å². The highest BCUT2D eigenvalue weighted by atomic mass is 28.4. The monoisotopic (exact) mass is 554 g/mol. The fourth-order valence-corrected chi connectivity index (χ4v) is 12.3. The first-order valence-corrected chi connectivity index (χ1v) is 20.4. The van der Waals surface area contributed by atoms with Crippen LogP contribution in [0.15, 0.2) is 4.42 Å². The zero-order valence-electron chi connectivity index (χ0n) is 26.5. The van der Waals surface area contributed by atoms with Crippen molar-refractivity contribution in [3.63, 3.8) is 0 Å². The summed E-state index contributed by atoms with van der Waals surface area (Å²) < 4.78 is 13.4. The number of hydrogen-bond acceptors (Lipinski definition) is 4. The fraction of sp³-hybridized carbons (Fsp3) is 0.941. The fourth-order valence-electron chi connectivity index (χ4n) is 11.1. The Morgan fingerprint density at radius 1 is 0.949 bits per heavy atom. The molecule has 5 heteroatoms. The van der Waals surface area contributed by atoms with E-state index in [1.54, 1.807) is 0 Å². The van der Waals surface area contributed by atoms with Crippen molar-refractivity contribution in [2.24, 2.45) is 58.2 Å². The van der Waals surface area contributed by atoms with Gasteiger partial charge in [-0.05, 0) is 136 Å². The zero-order chi connectivity index (χ0) is 27.7. The smallest absolute Gasteiger partial charge is 0.219 e. The van der Waals surface area contributed by atoms with Crippen molar-refractivity contribution in [3.05, 3.63) is 11.8 Å². The van der Waals surface area contributed by atoms with E-state index in [4.69, 9.17) is 8.84 Å². The van der Waals surface area contributed by atoms with E-state index in [9.17, 15) is 0 Å². The van der Waals surface area contributed by atoms with Gasteiger partial charge in [-0.3, -0.25) is 0 Å². The molecule has 0 amide bonds. The highest BCUT2D eigenvalue weighted by Crippen LogP contribution is 2.70. The third-order valence-electron chi connectivity index (χ3n) is 13.1. The van der Waals surface area contributed by atoms with Gasteiger partial charge in [-0.15, -0.1) is 10.2 Å². The molecule has 0 saturated heterocycles. The first-order valence-electron chi connectivity index (χ1n) is 16.9. The summed E-state index contributed by atoms with van der Waals surface area (Å²) in [6, 6.07) is 0. The normalized spacial score (nSPS) is 44.9. The van der Waals surface area contributed by atoms with E-state index in [0.29, 0.717) is 28.8 Å². The van der Waals surface area contributed by atoms with Gasteiger partial charge in [0.2, 0.25) is 11.8 Å². The van der Waals surface area contributed by atoms with E-state index in [-0.39, 0.29) is 0 Å². The molecule has 0 aliphatic heterocycles. The molecule has 0 N–H and O–H groups in total. The second-order valence-corrected chi connectivity index (χ2v) is 21.1. The van der Waals surface area contributed by atoms with Crippen molar-refractivity contribution in [1.29, 1.82) is 0 Å². The summed E-state index contributed by atoms with van der Waals surface area (Å²) in [4.78, 5) is 0. The van der Waals surface area contributed by atoms with Gasteiger partial charge in [0, 0.05) is 12.3 Å². The maximum atomic E-state index is 7.37. The Bertz CT molecular complexity index is 1020. The van der Waals surface area contributed by atoms with Crippen LogP contribution in [0.1, 0.15) is 123 Å². The van der Waals surface area contributed by atoms with Crippen LogP contribution in [0.3, 0.4) is 0 Å². The van der Waals surface area contributed by atoms with Crippen LogP contribution >= 0.6 is 0 Å². The minimum absolute atomic E-state index is 0.444. The van der Waals surface area contributed by atoms with E-state index >= 15 is 0 Å². The van der Waals surface area contributed by atoms with Crippen LogP contribution in [0, 0.1) is 58.2 Å². The Kier molecular flexibility index (Phi) is 7.47. The highest BCUT2D eigenvalue weighted by molar-refractivity contribution is 6.69. The Labute approximate surface area is 240 Å². The van der Waals surface area contributed by atoms with Gasteiger partial charge in [0.1, 0.15) is 0 Å². The molecule has 6 rings (SSSR count). The van der Waals surface area contributed by atoms with E-state index in [1.807, 2.05) is 0 Å². The largest absolute Gasteiger partial charge is 0.425 e. The van der Waals surface area contributed by atoms with Crippen LogP contribution in [0.5, 0.6) is 0 Å². The number of aryl methyl sites for hydroxylation is 1. The van der Waals surface area contributed by atoms with Gasteiger partial charge in [-0.1, -0.05) is 47.5 Å². The number of rotatable bonds is 8. The minimum Gasteiger partial charge on any atom is -0.425 e. The van der Waals surface area contributed by atoms with Crippen LogP contribution in [-0.4, -0.2) is 24.6 Å². The summed E-state index contributed by atoms with van der Waals surface area (Å²) in [5.41, 5.74) is 0.957. The molecule has 4 nitrogen and oxygen atoms in total. The molecule has 1 aromatic rings. The molecule has 1 aromatic heterocycles. The maximum Gasteiger partial charge on any atom is 0.219 e. The van der Waals surface area contributed by atoms with Crippen molar-refractivity contribution in [2.45, 2.75) is 143 Å². The number of hydrogen-bond donors (Lipinski definition) is 0. The standard InChI is InChI=1S/C34H58N2O2Si/c1-9-24-28-20-21(2)16-18-34(28,5)27-17-19-33(4)25(13-14-26(33)30(27)31(24)38-39(6,7)8)22(3)10-15-29-35-36-32(37-29)23-11-12-23/h21-28,30-31H,9-20H2,1-8H3/t21-,22-,24-,25-,26+,27+,28+,30+,31-,33-,34-/m1/s1. The van der Waals surface area contributed by atoms with E-state index < -0.39 is 8.32 Å². The Morgan fingerprint density at radius 2 is 1.67 bits per heavy atom. The average molecular weight is 555 g/mol. The summed E-state index contributed by atoms with van der Waals surface area (Å²) >= 11 is 0. The van der Waals surface area contributed by atoms with Gasteiger partial charge in [0.15, 0.2) is 8.32 Å². The molecular weight excluding hydrogens is 496 g/mol. The summed E-state index contributed by atoms with van der Waals surface area (Å²) in [7, 11) is -1.66. The molecular formula is C34H58N2O2Si. The number of nitrogens with zero attached hydrogens (tertiary/aromatic N) is 2. The molecule has 5 saturated carbocycles. The van der Waals surface area contributed by atoms with Crippen molar-refractivity contribution < 1.29 is 8.84 Å². The van der Waals surface area contributed by atoms with E-state index in [1.165, 1.54) is 70.6 Å². The van der Waals surface area contributed by atoms with Crippen LogP contribution < -0.4 is 0 Å². The lowest BCUT2D eigenvalue weighted by Gasteiger charge is -2.66. The molecule has 0 spiro atoms. The lowest BCUT2D eigenvalue weighted by molar-refractivity contribution is -0.193. The van der Waals surface area contributed by atoms with Gasteiger partial charge >= 0.3 is 0 Å². The van der Waals surface area contributed by atoms with Crippen molar-refractivity contribution in [3.8, 4) is 0 Å². The zero-order valence-corrected chi connectivity index (χ0v) is 27.5. The SMILES string of the molecule is CC[C@H]1[C@@H](O[Si](C)(C)C)[C@@H]2[C@H](CC[C@]3(C)[C@@H]([C@H](C)CCc4nnc(C5CC5)o4)CC[C@@H]23)[C@@]2(C)CC[C@@H](C)C[C@@H]12. The molecule has 0 radical (unpaired) electrons. The Morgan fingerprint density at radius 3 is 2.36 bits per heavy atom. The Hall–Kier alpha value is -0.683. The van der Waals surface area contributed by atoms with Crippen LogP contribution in [-0.2, 0) is 10.8 Å². The summed E-state index contributed by atoms with van der Waals surface area (Å²) in [5, 5.41) is 8.76. The topological polar surface area (TPSA) is 48.2 Å². The second-order valence-electron chi connectivity index (χ2n) is 16.6. The molecule has 39 heavy (non-hydrogen) atoms. The van der Waals surface area contributed by atoms with Crippen molar-refractivity contribution >= 4 is 8.32 Å². The molecule has 0 bridgehead atoms. The molecule has 1 heterocycles. The van der Waals surface area contributed by atoms with E-state index in [2.05, 4.69) is 64.5 Å². The van der Waals surface area contributed by atoms with Gasteiger partial charge in [0.25, 0.3) is 0 Å². The first kappa shape index (κ1) is 28.4. The number of fused-ring (bicyclic) bond motifs is 5. The summed E-state index contributed by atoms with van der Waals surface area (Å²) in [6.07, 6.45) is 16.3. The number of aromatic nitrogens is 2. The lowest BCUT2D eigenvalue weighted by atomic mass is 9.41. The molecule has 220 valence electrons. The minimum atomic E-state index is -1.66. The van der Waals surface area contributed by atoms with E-state index in [0.717, 1.165) is 59.6 Å². The maximum absolute atomic E-state index is 7.37. The summed E-state index contributed by atoms with van der Waals surface area (Å²) in [5.74, 6) is 8.72. The third kappa shape index (κ3) is 5.02. The first-order chi connectivity index (χ1) is 18.4. The molecule has 0 aromatic carbocycles. The molecule has 11 atom stereocenters.